The molecule has 1 aliphatic carbocycles. The van der Waals surface area contributed by atoms with Crippen molar-refractivity contribution in [3.05, 3.63) is 0 Å². The van der Waals surface area contributed by atoms with Crippen LogP contribution in [0.1, 0.15) is 46.5 Å². The molecule has 1 saturated carbocycles. The molecule has 0 bridgehead atoms. The molecule has 1 rings (SSSR count). The highest BCUT2D eigenvalue weighted by Gasteiger charge is 2.48. The maximum absolute atomic E-state index is 11.9. The lowest BCUT2D eigenvalue weighted by molar-refractivity contribution is -0.150. The first-order chi connectivity index (χ1) is 7.69. The first kappa shape index (κ1) is 13.8. The van der Waals surface area contributed by atoms with E-state index in [1.54, 1.807) is 20.8 Å². The summed E-state index contributed by atoms with van der Waals surface area (Å²) in [4.78, 5) is 24.5. The quantitative estimate of drug-likeness (QED) is 0.807. The monoisotopic (exact) mass is 243 g/mol. The minimum atomic E-state index is -1.08. The number of hydrogen-bond acceptors (Lipinski definition) is 3. The summed E-state index contributed by atoms with van der Waals surface area (Å²) >= 11 is 0. The van der Waals surface area contributed by atoms with Gasteiger partial charge in [-0.25, -0.2) is 9.59 Å². The van der Waals surface area contributed by atoms with Crippen LogP contribution in [-0.2, 0) is 9.53 Å². The molecular formula is C12H21NO4. The molecule has 0 aromatic rings. The van der Waals surface area contributed by atoms with Crippen molar-refractivity contribution < 1.29 is 19.4 Å². The predicted molar refractivity (Wildman–Crippen MR) is 62.8 cm³/mol. The molecule has 5 heteroatoms. The van der Waals surface area contributed by atoms with Gasteiger partial charge >= 0.3 is 12.1 Å². The number of ether oxygens (including phenoxy) is 1. The second kappa shape index (κ2) is 4.55. The highest BCUT2D eigenvalue weighted by atomic mass is 16.6. The van der Waals surface area contributed by atoms with E-state index in [0.29, 0.717) is 12.8 Å². The van der Waals surface area contributed by atoms with E-state index in [2.05, 4.69) is 0 Å². The summed E-state index contributed by atoms with van der Waals surface area (Å²) < 4.78 is 5.21. The molecule has 0 aromatic heterocycles. The molecule has 0 atom stereocenters. The number of rotatable bonds is 2. The summed E-state index contributed by atoms with van der Waals surface area (Å²) in [7, 11) is 1.51. The van der Waals surface area contributed by atoms with E-state index in [0.717, 1.165) is 12.8 Å². The smallest absolute Gasteiger partial charge is 0.410 e. The van der Waals surface area contributed by atoms with Crippen LogP contribution in [0.15, 0.2) is 0 Å². The Hall–Kier alpha value is -1.26. The zero-order valence-electron chi connectivity index (χ0n) is 10.9. The zero-order chi connectivity index (χ0) is 13.3. The molecule has 0 spiro atoms. The zero-order valence-corrected chi connectivity index (χ0v) is 10.9. The van der Waals surface area contributed by atoms with Crippen LogP contribution in [0.5, 0.6) is 0 Å². The molecular weight excluding hydrogens is 222 g/mol. The maximum atomic E-state index is 11.9. The molecule has 1 N–H and O–H groups in total. The fourth-order valence-corrected chi connectivity index (χ4v) is 2.16. The average Bonchev–Trinajstić information content (AvgIpc) is 2.63. The SMILES string of the molecule is CN(C(=O)OC(C)(C)C)C1(C(=O)O)CCCC1. The molecule has 1 aliphatic rings. The number of amides is 1. The van der Waals surface area contributed by atoms with Crippen molar-refractivity contribution in [2.75, 3.05) is 7.05 Å². The van der Waals surface area contributed by atoms with Crippen molar-refractivity contribution in [2.45, 2.75) is 57.6 Å². The van der Waals surface area contributed by atoms with Gasteiger partial charge in [0.1, 0.15) is 11.1 Å². The van der Waals surface area contributed by atoms with Crippen molar-refractivity contribution in [3.63, 3.8) is 0 Å². The Balaban J connectivity index is 2.83. The molecule has 1 fully saturated rings. The summed E-state index contributed by atoms with van der Waals surface area (Å²) in [6.07, 6.45) is 2.09. The van der Waals surface area contributed by atoms with Crippen LogP contribution in [-0.4, -0.2) is 40.3 Å². The number of carbonyl (C=O) groups is 2. The highest BCUT2D eigenvalue weighted by Crippen LogP contribution is 2.35. The van der Waals surface area contributed by atoms with Crippen molar-refractivity contribution >= 4 is 12.1 Å². The van der Waals surface area contributed by atoms with Crippen LogP contribution >= 0.6 is 0 Å². The van der Waals surface area contributed by atoms with Crippen LogP contribution in [0.2, 0.25) is 0 Å². The number of nitrogens with zero attached hydrogens (tertiary/aromatic N) is 1. The van der Waals surface area contributed by atoms with Gasteiger partial charge in [-0.2, -0.15) is 0 Å². The summed E-state index contributed by atoms with van der Waals surface area (Å²) in [6.45, 7) is 5.29. The van der Waals surface area contributed by atoms with Gasteiger partial charge < -0.3 is 9.84 Å². The lowest BCUT2D eigenvalue weighted by Crippen LogP contribution is -2.54. The van der Waals surface area contributed by atoms with E-state index in [1.807, 2.05) is 0 Å². The van der Waals surface area contributed by atoms with E-state index < -0.39 is 23.2 Å². The Labute approximate surface area is 102 Å². The van der Waals surface area contributed by atoms with E-state index in [4.69, 9.17) is 4.74 Å². The minimum absolute atomic E-state index is 0.498. The normalized spacial score (nSPS) is 18.8. The maximum Gasteiger partial charge on any atom is 0.410 e. The average molecular weight is 243 g/mol. The van der Waals surface area contributed by atoms with Gasteiger partial charge in [0.25, 0.3) is 0 Å². The van der Waals surface area contributed by atoms with Gasteiger partial charge in [-0.1, -0.05) is 12.8 Å². The summed E-state index contributed by atoms with van der Waals surface area (Å²) in [5.74, 6) is -0.941. The van der Waals surface area contributed by atoms with Gasteiger partial charge in [-0.3, -0.25) is 4.90 Å². The van der Waals surface area contributed by atoms with E-state index >= 15 is 0 Å². The Morgan fingerprint density at radius 3 is 2.06 bits per heavy atom. The van der Waals surface area contributed by atoms with Crippen LogP contribution in [0.25, 0.3) is 0 Å². The summed E-state index contributed by atoms with van der Waals surface area (Å²) in [6, 6.07) is 0. The van der Waals surface area contributed by atoms with E-state index in [-0.39, 0.29) is 0 Å². The van der Waals surface area contributed by atoms with Crippen LogP contribution in [0.3, 0.4) is 0 Å². The number of aliphatic carboxylic acids is 1. The second-order valence-corrected chi connectivity index (χ2v) is 5.58. The number of carboxylic acids is 1. The number of hydrogen-bond donors (Lipinski definition) is 1. The van der Waals surface area contributed by atoms with Crippen molar-refractivity contribution in [1.82, 2.24) is 4.90 Å². The van der Waals surface area contributed by atoms with Crippen molar-refractivity contribution in [2.24, 2.45) is 0 Å². The Morgan fingerprint density at radius 2 is 1.71 bits per heavy atom. The fourth-order valence-electron chi connectivity index (χ4n) is 2.16. The van der Waals surface area contributed by atoms with Crippen LogP contribution < -0.4 is 0 Å². The van der Waals surface area contributed by atoms with Gasteiger partial charge in [0.15, 0.2) is 0 Å². The van der Waals surface area contributed by atoms with Gasteiger partial charge in [-0.05, 0) is 33.6 Å². The van der Waals surface area contributed by atoms with Gasteiger partial charge in [0, 0.05) is 7.05 Å². The fraction of sp³-hybridized carbons (Fsp3) is 0.833. The molecule has 1 amide bonds. The summed E-state index contributed by atoms with van der Waals surface area (Å²) in [5.41, 5.74) is -1.69. The molecule has 17 heavy (non-hydrogen) atoms. The third-order valence-electron chi connectivity index (χ3n) is 3.14. The molecule has 0 aromatic carbocycles. The van der Waals surface area contributed by atoms with Crippen LogP contribution in [0, 0.1) is 0 Å². The largest absolute Gasteiger partial charge is 0.479 e. The lowest BCUT2D eigenvalue weighted by Gasteiger charge is -2.35. The third-order valence-corrected chi connectivity index (χ3v) is 3.14. The van der Waals surface area contributed by atoms with Gasteiger partial charge in [-0.15, -0.1) is 0 Å². The topological polar surface area (TPSA) is 66.8 Å². The summed E-state index contributed by atoms with van der Waals surface area (Å²) in [5, 5.41) is 9.33. The van der Waals surface area contributed by atoms with Gasteiger partial charge in [0.2, 0.25) is 0 Å². The second-order valence-electron chi connectivity index (χ2n) is 5.58. The first-order valence-electron chi connectivity index (χ1n) is 5.89. The molecule has 5 nitrogen and oxygen atoms in total. The van der Waals surface area contributed by atoms with Crippen LogP contribution in [0.4, 0.5) is 4.79 Å². The van der Waals surface area contributed by atoms with Crippen molar-refractivity contribution in [3.8, 4) is 0 Å². The highest BCUT2D eigenvalue weighted by molar-refractivity contribution is 5.84. The molecule has 0 heterocycles. The molecule has 0 radical (unpaired) electrons. The van der Waals surface area contributed by atoms with Gasteiger partial charge in [0.05, 0.1) is 0 Å². The number of carbonyl (C=O) groups excluding carboxylic acids is 1. The first-order valence-corrected chi connectivity index (χ1v) is 5.89. The Kier molecular flexibility index (Phi) is 3.69. The predicted octanol–water partition coefficient (Wildman–Crippen LogP) is 2.25. The van der Waals surface area contributed by atoms with E-state index in [9.17, 15) is 14.7 Å². The lowest BCUT2D eigenvalue weighted by atomic mass is 9.96. The standard InChI is InChI=1S/C12H21NO4/c1-11(2,3)17-10(16)13(4)12(9(14)15)7-5-6-8-12/h5-8H2,1-4H3,(H,14,15). The van der Waals surface area contributed by atoms with E-state index in [1.165, 1.54) is 11.9 Å². The number of likely N-dealkylation sites (N-methyl/N-ethyl adjacent to an activating group) is 1. The molecule has 0 saturated heterocycles. The number of carboxylic acid groups (broad SMARTS) is 1. The Morgan fingerprint density at radius 1 is 1.24 bits per heavy atom. The molecule has 0 unspecified atom stereocenters. The Bertz CT molecular complexity index is 313. The minimum Gasteiger partial charge on any atom is -0.479 e. The van der Waals surface area contributed by atoms with Crippen molar-refractivity contribution in [1.29, 1.82) is 0 Å². The third kappa shape index (κ3) is 2.90. The molecule has 98 valence electrons. The molecule has 0 aliphatic heterocycles.